The van der Waals surface area contributed by atoms with E-state index in [1.54, 1.807) is 0 Å². The Labute approximate surface area is 131 Å². The number of carbonyl (C=O) groups excluding carboxylic acids is 1. The van der Waals surface area contributed by atoms with Crippen molar-refractivity contribution in [2.75, 3.05) is 13.7 Å². The van der Waals surface area contributed by atoms with Gasteiger partial charge in [-0.2, -0.15) is 0 Å². The van der Waals surface area contributed by atoms with E-state index < -0.39 is 5.97 Å². The molecule has 1 unspecified atom stereocenters. The normalized spacial score (nSPS) is 11.6. The molecule has 0 heterocycles. The summed E-state index contributed by atoms with van der Waals surface area (Å²) in [5.74, 6) is -0.782. The minimum Gasteiger partial charge on any atom is -0.493 e. The largest absolute Gasteiger partial charge is 0.493 e. The average molecular weight is 360 g/mol. The van der Waals surface area contributed by atoms with Crippen LogP contribution in [-0.4, -0.2) is 36.7 Å². The van der Waals surface area contributed by atoms with Crippen molar-refractivity contribution in [2.24, 2.45) is 0 Å². The lowest BCUT2D eigenvalue weighted by Crippen LogP contribution is -2.35. The van der Waals surface area contributed by atoms with E-state index >= 15 is 0 Å². The van der Waals surface area contributed by atoms with E-state index in [1.807, 2.05) is 13.8 Å². The number of halogens is 1. The van der Waals surface area contributed by atoms with Gasteiger partial charge >= 0.3 is 5.97 Å². The molecule has 21 heavy (non-hydrogen) atoms. The minimum atomic E-state index is -1.07. The third-order valence-corrected chi connectivity index (χ3v) is 3.43. The predicted molar refractivity (Wildman–Crippen MR) is 81.0 cm³/mol. The third-order valence-electron chi connectivity index (χ3n) is 2.84. The second-order valence-corrected chi connectivity index (χ2v) is 5.31. The number of methoxy groups -OCH3 is 1. The summed E-state index contributed by atoms with van der Waals surface area (Å²) < 4.78 is 10.9. The van der Waals surface area contributed by atoms with Crippen LogP contribution in [0.5, 0.6) is 11.5 Å². The number of carboxylic acids is 1. The Balaban J connectivity index is 2.83. The fourth-order valence-electron chi connectivity index (χ4n) is 1.54. The number of ether oxygens (including phenoxy) is 2. The van der Waals surface area contributed by atoms with E-state index in [4.69, 9.17) is 14.6 Å². The van der Waals surface area contributed by atoms with E-state index in [1.165, 1.54) is 19.2 Å². The predicted octanol–water partition coefficient (Wildman–Crippen LogP) is 2.45. The minimum absolute atomic E-state index is 0.0649. The number of aromatic carboxylic acids is 1. The molecule has 7 heteroatoms. The molecule has 0 aromatic heterocycles. The van der Waals surface area contributed by atoms with Crippen molar-refractivity contribution < 1.29 is 24.2 Å². The van der Waals surface area contributed by atoms with E-state index in [-0.39, 0.29) is 29.9 Å². The molecule has 6 nitrogen and oxygen atoms in total. The zero-order valence-electron chi connectivity index (χ0n) is 12.1. The van der Waals surface area contributed by atoms with Crippen LogP contribution < -0.4 is 14.8 Å². The third kappa shape index (κ3) is 4.93. The molecule has 1 amide bonds. The summed E-state index contributed by atoms with van der Waals surface area (Å²) in [5, 5.41) is 11.8. The Kier molecular flexibility index (Phi) is 6.48. The maximum absolute atomic E-state index is 11.7. The van der Waals surface area contributed by atoms with Crippen LogP contribution in [-0.2, 0) is 4.79 Å². The second kappa shape index (κ2) is 7.87. The van der Waals surface area contributed by atoms with Gasteiger partial charge in [-0.05, 0) is 41.4 Å². The van der Waals surface area contributed by atoms with E-state index in [0.29, 0.717) is 10.2 Å². The molecule has 0 aliphatic carbocycles. The summed E-state index contributed by atoms with van der Waals surface area (Å²) in [6.45, 7) is 3.69. The summed E-state index contributed by atoms with van der Waals surface area (Å²) in [6.07, 6.45) is 0.825. The maximum atomic E-state index is 11.7. The van der Waals surface area contributed by atoms with Crippen LogP contribution in [0.3, 0.4) is 0 Å². The van der Waals surface area contributed by atoms with Gasteiger partial charge in [0.15, 0.2) is 18.1 Å². The fraction of sp³-hybridized carbons (Fsp3) is 0.429. The molecule has 0 bridgehead atoms. The Morgan fingerprint density at radius 1 is 1.43 bits per heavy atom. The van der Waals surface area contributed by atoms with Crippen molar-refractivity contribution in [2.45, 2.75) is 26.3 Å². The Morgan fingerprint density at radius 2 is 2.10 bits per heavy atom. The SMILES string of the molecule is CCC(C)NC(=O)COc1c(Br)cc(C(=O)O)cc1OC. The van der Waals surface area contributed by atoms with Gasteiger partial charge in [-0.1, -0.05) is 6.92 Å². The molecule has 0 spiro atoms. The van der Waals surface area contributed by atoms with E-state index in [2.05, 4.69) is 21.2 Å². The molecule has 0 radical (unpaired) electrons. The van der Waals surface area contributed by atoms with Gasteiger partial charge in [-0.15, -0.1) is 0 Å². The first-order valence-corrected chi connectivity index (χ1v) is 7.21. The van der Waals surface area contributed by atoms with Crippen LogP contribution in [0.15, 0.2) is 16.6 Å². The van der Waals surface area contributed by atoms with Gasteiger partial charge in [-0.25, -0.2) is 4.79 Å². The van der Waals surface area contributed by atoms with Crippen molar-refractivity contribution >= 4 is 27.8 Å². The topological polar surface area (TPSA) is 84.9 Å². The lowest BCUT2D eigenvalue weighted by atomic mass is 10.2. The molecule has 1 aromatic rings. The monoisotopic (exact) mass is 359 g/mol. The fourth-order valence-corrected chi connectivity index (χ4v) is 2.10. The highest BCUT2D eigenvalue weighted by Crippen LogP contribution is 2.36. The first-order valence-electron chi connectivity index (χ1n) is 6.42. The van der Waals surface area contributed by atoms with Gasteiger partial charge in [-0.3, -0.25) is 4.79 Å². The molecular weight excluding hydrogens is 342 g/mol. The van der Waals surface area contributed by atoms with Crippen LogP contribution in [0.1, 0.15) is 30.6 Å². The number of nitrogens with one attached hydrogen (secondary N) is 1. The van der Waals surface area contributed by atoms with Crippen molar-refractivity contribution in [1.82, 2.24) is 5.32 Å². The van der Waals surface area contributed by atoms with Gasteiger partial charge in [0.2, 0.25) is 0 Å². The van der Waals surface area contributed by atoms with Gasteiger partial charge in [0, 0.05) is 6.04 Å². The number of hydrogen-bond donors (Lipinski definition) is 2. The lowest BCUT2D eigenvalue weighted by Gasteiger charge is -2.15. The Bertz CT molecular complexity index is 532. The molecule has 0 saturated heterocycles. The van der Waals surface area contributed by atoms with Crippen LogP contribution in [0.25, 0.3) is 0 Å². The molecule has 1 rings (SSSR count). The number of amides is 1. The van der Waals surface area contributed by atoms with E-state index in [0.717, 1.165) is 6.42 Å². The number of hydrogen-bond acceptors (Lipinski definition) is 4. The number of carboxylic acid groups (broad SMARTS) is 1. The number of carbonyl (C=O) groups is 2. The first kappa shape index (κ1) is 17.3. The highest BCUT2D eigenvalue weighted by molar-refractivity contribution is 9.10. The van der Waals surface area contributed by atoms with Crippen LogP contribution in [0.4, 0.5) is 0 Å². The molecule has 1 aromatic carbocycles. The first-order chi connectivity index (χ1) is 9.88. The quantitative estimate of drug-likeness (QED) is 0.780. The van der Waals surface area contributed by atoms with E-state index in [9.17, 15) is 9.59 Å². The lowest BCUT2D eigenvalue weighted by molar-refractivity contribution is -0.123. The summed E-state index contributed by atoms with van der Waals surface area (Å²) in [6, 6.07) is 2.81. The summed E-state index contributed by atoms with van der Waals surface area (Å²) in [5.41, 5.74) is 0.0649. The summed E-state index contributed by atoms with van der Waals surface area (Å²) >= 11 is 3.22. The van der Waals surface area contributed by atoms with Crippen LogP contribution >= 0.6 is 15.9 Å². The number of rotatable bonds is 7. The van der Waals surface area contributed by atoms with Crippen molar-refractivity contribution in [3.05, 3.63) is 22.2 Å². The zero-order chi connectivity index (χ0) is 16.0. The molecule has 0 aliphatic heterocycles. The second-order valence-electron chi connectivity index (χ2n) is 4.46. The summed E-state index contributed by atoms with van der Waals surface area (Å²) in [7, 11) is 1.40. The molecular formula is C14H18BrNO5. The average Bonchev–Trinajstić information content (AvgIpc) is 2.44. The molecule has 116 valence electrons. The van der Waals surface area contributed by atoms with Crippen molar-refractivity contribution in [3.63, 3.8) is 0 Å². The maximum Gasteiger partial charge on any atom is 0.335 e. The molecule has 0 saturated carbocycles. The highest BCUT2D eigenvalue weighted by Gasteiger charge is 2.16. The van der Waals surface area contributed by atoms with Crippen LogP contribution in [0, 0.1) is 0 Å². The number of benzene rings is 1. The van der Waals surface area contributed by atoms with Gasteiger partial charge < -0.3 is 19.9 Å². The van der Waals surface area contributed by atoms with Gasteiger partial charge in [0.05, 0.1) is 17.1 Å². The van der Waals surface area contributed by atoms with Crippen molar-refractivity contribution in [3.8, 4) is 11.5 Å². The molecule has 0 fully saturated rings. The Morgan fingerprint density at radius 3 is 2.62 bits per heavy atom. The van der Waals surface area contributed by atoms with Crippen molar-refractivity contribution in [1.29, 1.82) is 0 Å². The smallest absolute Gasteiger partial charge is 0.335 e. The summed E-state index contributed by atoms with van der Waals surface area (Å²) in [4.78, 5) is 22.7. The van der Waals surface area contributed by atoms with Gasteiger partial charge in [0.1, 0.15) is 0 Å². The zero-order valence-corrected chi connectivity index (χ0v) is 13.7. The Hall–Kier alpha value is -1.76. The van der Waals surface area contributed by atoms with Crippen LogP contribution in [0.2, 0.25) is 0 Å². The molecule has 2 N–H and O–H groups in total. The highest BCUT2D eigenvalue weighted by atomic mass is 79.9. The molecule has 1 atom stereocenters. The standard InChI is InChI=1S/C14H18BrNO5/c1-4-8(2)16-12(17)7-21-13-10(15)5-9(14(18)19)6-11(13)20-3/h5-6,8H,4,7H2,1-3H3,(H,16,17)(H,18,19). The molecule has 0 aliphatic rings. The van der Waals surface area contributed by atoms with Gasteiger partial charge in [0.25, 0.3) is 5.91 Å².